The van der Waals surface area contributed by atoms with Crippen LogP contribution in [-0.4, -0.2) is 42.3 Å². The van der Waals surface area contributed by atoms with Crippen molar-refractivity contribution in [1.82, 2.24) is 15.2 Å². The van der Waals surface area contributed by atoms with Gasteiger partial charge in [0.15, 0.2) is 0 Å². The molecular weight excluding hydrogens is 254 g/mol. The van der Waals surface area contributed by atoms with Gasteiger partial charge in [0.05, 0.1) is 16.5 Å². The van der Waals surface area contributed by atoms with Gasteiger partial charge in [-0.2, -0.15) is 0 Å². The van der Waals surface area contributed by atoms with Crippen LogP contribution in [0.1, 0.15) is 17.3 Å². The van der Waals surface area contributed by atoms with E-state index >= 15 is 0 Å². The predicted molar refractivity (Wildman–Crippen MR) is 69.4 cm³/mol. The summed E-state index contributed by atoms with van der Waals surface area (Å²) in [5, 5.41) is 2.90. The third kappa shape index (κ3) is 3.43. The summed E-state index contributed by atoms with van der Waals surface area (Å²) < 4.78 is 0. The number of carbonyl (C=O) groups excluding carboxylic acids is 2. The van der Waals surface area contributed by atoms with Gasteiger partial charge in [0.25, 0.3) is 5.91 Å². The fraction of sp³-hybridized carbons (Fsp3) is 0.417. The van der Waals surface area contributed by atoms with Crippen molar-refractivity contribution in [2.45, 2.75) is 6.92 Å². The van der Waals surface area contributed by atoms with Gasteiger partial charge in [0.2, 0.25) is 5.91 Å². The number of aromatic nitrogens is 1. The molecular formula is C12H16ClN3O2. The highest BCUT2D eigenvalue weighted by Crippen LogP contribution is 2.15. The van der Waals surface area contributed by atoms with Crippen LogP contribution in [0.3, 0.4) is 0 Å². The quantitative estimate of drug-likeness (QED) is 0.893. The SMILES string of the molecule is CNC(=O)C(C)CN(C)C(=O)c1cnccc1Cl. The first-order valence-corrected chi connectivity index (χ1v) is 5.91. The van der Waals surface area contributed by atoms with E-state index in [1.807, 2.05) is 0 Å². The molecule has 0 aliphatic heterocycles. The number of nitrogens with zero attached hydrogens (tertiary/aromatic N) is 2. The Morgan fingerprint density at radius 2 is 2.22 bits per heavy atom. The number of carbonyl (C=O) groups is 2. The van der Waals surface area contributed by atoms with Crippen LogP contribution in [0, 0.1) is 5.92 Å². The van der Waals surface area contributed by atoms with Crippen molar-refractivity contribution in [1.29, 1.82) is 0 Å². The molecule has 0 spiro atoms. The first kappa shape index (κ1) is 14.4. The van der Waals surface area contributed by atoms with Crippen LogP contribution in [-0.2, 0) is 4.79 Å². The van der Waals surface area contributed by atoms with Crippen LogP contribution in [0.2, 0.25) is 5.02 Å². The highest BCUT2D eigenvalue weighted by molar-refractivity contribution is 6.33. The Labute approximate surface area is 111 Å². The minimum absolute atomic E-state index is 0.105. The van der Waals surface area contributed by atoms with Crippen molar-refractivity contribution in [3.8, 4) is 0 Å². The van der Waals surface area contributed by atoms with Crippen LogP contribution >= 0.6 is 11.6 Å². The highest BCUT2D eigenvalue weighted by atomic mass is 35.5. The van der Waals surface area contributed by atoms with Gasteiger partial charge in [-0.15, -0.1) is 0 Å². The summed E-state index contributed by atoms with van der Waals surface area (Å²) in [7, 11) is 3.20. The van der Waals surface area contributed by atoms with Crippen LogP contribution in [0.4, 0.5) is 0 Å². The lowest BCUT2D eigenvalue weighted by atomic mass is 10.1. The van der Waals surface area contributed by atoms with Gasteiger partial charge >= 0.3 is 0 Å². The van der Waals surface area contributed by atoms with Crippen molar-refractivity contribution < 1.29 is 9.59 Å². The lowest BCUT2D eigenvalue weighted by molar-refractivity contribution is -0.124. The van der Waals surface area contributed by atoms with E-state index in [9.17, 15) is 9.59 Å². The summed E-state index contributed by atoms with van der Waals surface area (Å²) in [6.07, 6.45) is 2.94. The minimum Gasteiger partial charge on any atom is -0.359 e. The van der Waals surface area contributed by atoms with Gasteiger partial charge in [-0.25, -0.2) is 0 Å². The zero-order valence-corrected chi connectivity index (χ0v) is 11.4. The third-order valence-corrected chi connectivity index (χ3v) is 2.92. The largest absolute Gasteiger partial charge is 0.359 e. The maximum atomic E-state index is 12.1. The number of pyridine rings is 1. The number of rotatable bonds is 4. The Morgan fingerprint density at radius 1 is 1.56 bits per heavy atom. The molecule has 1 aromatic heterocycles. The second-order valence-corrected chi connectivity index (χ2v) is 4.46. The first-order valence-electron chi connectivity index (χ1n) is 5.54. The molecule has 1 aromatic rings. The van der Waals surface area contributed by atoms with E-state index in [1.54, 1.807) is 27.1 Å². The monoisotopic (exact) mass is 269 g/mol. The van der Waals surface area contributed by atoms with E-state index in [-0.39, 0.29) is 17.7 Å². The van der Waals surface area contributed by atoms with E-state index in [2.05, 4.69) is 10.3 Å². The van der Waals surface area contributed by atoms with Gasteiger partial charge in [-0.3, -0.25) is 14.6 Å². The lowest BCUT2D eigenvalue weighted by Gasteiger charge is -2.21. The molecule has 2 amide bonds. The molecule has 1 N–H and O–H groups in total. The fourth-order valence-electron chi connectivity index (χ4n) is 1.56. The molecule has 1 heterocycles. The Balaban J connectivity index is 2.74. The molecule has 0 fully saturated rings. The van der Waals surface area contributed by atoms with Crippen molar-refractivity contribution in [3.05, 3.63) is 29.0 Å². The highest BCUT2D eigenvalue weighted by Gasteiger charge is 2.20. The van der Waals surface area contributed by atoms with E-state index < -0.39 is 0 Å². The van der Waals surface area contributed by atoms with Crippen LogP contribution < -0.4 is 5.32 Å². The number of hydrogen-bond donors (Lipinski definition) is 1. The fourth-order valence-corrected chi connectivity index (χ4v) is 1.75. The second kappa shape index (κ2) is 6.35. The molecule has 98 valence electrons. The summed E-state index contributed by atoms with van der Waals surface area (Å²) in [4.78, 5) is 28.8. The first-order chi connectivity index (χ1) is 8.47. The number of amides is 2. The molecule has 0 aliphatic rings. The molecule has 5 nitrogen and oxygen atoms in total. The molecule has 1 rings (SSSR count). The Hall–Kier alpha value is -1.62. The smallest absolute Gasteiger partial charge is 0.256 e. The van der Waals surface area contributed by atoms with Crippen LogP contribution in [0.5, 0.6) is 0 Å². The molecule has 0 saturated carbocycles. The molecule has 18 heavy (non-hydrogen) atoms. The van der Waals surface area contributed by atoms with E-state index in [0.717, 1.165) is 0 Å². The normalized spacial score (nSPS) is 11.8. The van der Waals surface area contributed by atoms with Gasteiger partial charge in [-0.1, -0.05) is 18.5 Å². The van der Waals surface area contributed by atoms with Gasteiger partial charge in [0, 0.05) is 33.0 Å². The summed E-state index contributed by atoms with van der Waals surface area (Å²) in [6, 6.07) is 1.56. The Kier molecular flexibility index (Phi) is 5.09. The van der Waals surface area contributed by atoms with E-state index in [4.69, 9.17) is 11.6 Å². The summed E-state index contributed by atoms with van der Waals surface area (Å²) in [5.41, 5.74) is 0.339. The molecule has 6 heteroatoms. The van der Waals surface area contributed by atoms with Crippen LogP contribution in [0.25, 0.3) is 0 Å². The minimum atomic E-state index is -0.278. The average Bonchev–Trinajstić information content (AvgIpc) is 2.37. The maximum absolute atomic E-state index is 12.1. The molecule has 1 unspecified atom stereocenters. The van der Waals surface area contributed by atoms with Gasteiger partial charge in [0.1, 0.15) is 0 Å². The molecule has 0 radical (unpaired) electrons. The topological polar surface area (TPSA) is 62.3 Å². The van der Waals surface area contributed by atoms with E-state index in [0.29, 0.717) is 17.1 Å². The van der Waals surface area contributed by atoms with Crippen molar-refractivity contribution in [2.24, 2.45) is 5.92 Å². The van der Waals surface area contributed by atoms with Crippen molar-refractivity contribution in [2.75, 3.05) is 20.6 Å². The summed E-state index contributed by atoms with van der Waals surface area (Å²) >= 11 is 5.92. The number of nitrogens with one attached hydrogen (secondary N) is 1. The molecule has 0 bridgehead atoms. The van der Waals surface area contributed by atoms with Gasteiger partial charge in [-0.05, 0) is 6.07 Å². The summed E-state index contributed by atoms with van der Waals surface area (Å²) in [5.74, 6) is -0.629. The standard InChI is InChI=1S/C12H16ClN3O2/c1-8(11(17)14-2)7-16(3)12(18)9-6-15-5-4-10(9)13/h4-6,8H,7H2,1-3H3,(H,14,17). The predicted octanol–water partition coefficient (Wildman–Crippen LogP) is 1.19. The zero-order chi connectivity index (χ0) is 13.7. The Bertz CT molecular complexity index is 451. The number of halogens is 1. The van der Waals surface area contributed by atoms with Crippen molar-refractivity contribution in [3.63, 3.8) is 0 Å². The lowest BCUT2D eigenvalue weighted by Crippen LogP contribution is -2.37. The molecule has 0 aromatic carbocycles. The Morgan fingerprint density at radius 3 is 2.78 bits per heavy atom. The zero-order valence-electron chi connectivity index (χ0n) is 10.6. The van der Waals surface area contributed by atoms with Gasteiger partial charge < -0.3 is 10.2 Å². The second-order valence-electron chi connectivity index (χ2n) is 4.06. The average molecular weight is 270 g/mol. The van der Waals surface area contributed by atoms with Crippen LogP contribution in [0.15, 0.2) is 18.5 Å². The van der Waals surface area contributed by atoms with E-state index in [1.165, 1.54) is 17.3 Å². The molecule has 1 atom stereocenters. The van der Waals surface area contributed by atoms with Crippen molar-refractivity contribution >= 4 is 23.4 Å². The maximum Gasteiger partial charge on any atom is 0.256 e. The third-order valence-electron chi connectivity index (χ3n) is 2.59. The number of hydrogen-bond acceptors (Lipinski definition) is 3. The molecule has 0 aliphatic carbocycles. The molecule has 0 saturated heterocycles. The summed E-state index contributed by atoms with van der Waals surface area (Å²) in [6.45, 7) is 2.08.